The molecule has 28 heavy (non-hydrogen) atoms. The minimum absolute atomic E-state index is 0.0337. The van der Waals surface area contributed by atoms with Crippen LogP contribution in [0.1, 0.15) is 12.5 Å². The van der Waals surface area contributed by atoms with E-state index in [0.717, 1.165) is 12.0 Å². The molecule has 9 heteroatoms. The number of carbonyl (C=O) groups is 3. The molecule has 9 nitrogen and oxygen atoms in total. The normalized spacial score (nSPS) is 20.6. The molecule has 1 amide bonds. The summed E-state index contributed by atoms with van der Waals surface area (Å²) in [4.78, 5) is 39.4. The van der Waals surface area contributed by atoms with Gasteiger partial charge >= 0.3 is 11.9 Å². The fourth-order valence-electron chi connectivity index (χ4n) is 3.67. The van der Waals surface area contributed by atoms with Gasteiger partial charge in [-0.3, -0.25) is 14.5 Å². The van der Waals surface area contributed by atoms with Crippen molar-refractivity contribution in [2.45, 2.75) is 12.3 Å². The Hall–Kier alpha value is -3.80. The third kappa shape index (κ3) is 2.35. The van der Waals surface area contributed by atoms with Crippen molar-refractivity contribution in [2.24, 2.45) is 5.73 Å². The average Bonchev–Trinajstić information content (AvgIpc) is 2.91. The van der Waals surface area contributed by atoms with Gasteiger partial charge in [0.2, 0.25) is 11.8 Å². The lowest BCUT2D eigenvalue weighted by Gasteiger charge is -2.34. The van der Waals surface area contributed by atoms with Crippen LogP contribution < -0.4 is 10.6 Å². The summed E-state index contributed by atoms with van der Waals surface area (Å²) in [6.07, 6.45) is 0. The van der Waals surface area contributed by atoms with Crippen LogP contribution >= 0.6 is 0 Å². The Morgan fingerprint density at radius 2 is 1.96 bits per heavy atom. The first-order chi connectivity index (χ1) is 13.3. The number of para-hydroxylation sites is 1. The Labute approximate surface area is 160 Å². The van der Waals surface area contributed by atoms with Gasteiger partial charge in [-0.2, -0.15) is 5.26 Å². The molecule has 1 atom stereocenters. The van der Waals surface area contributed by atoms with Crippen LogP contribution in [-0.4, -0.2) is 38.6 Å². The van der Waals surface area contributed by atoms with Gasteiger partial charge in [0.05, 0.1) is 14.2 Å². The Bertz CT molecular complexity index is 1000. The van der Waals surface area contributed by atoms with E-state index in [-0.39, 0.29) is 22.8 Å². The van der Waals surface area contributed by atoms with Crippen molar-refractivity contribution < 1.29 is 28.6 Å². The van der Waals surface area contributed by atoms with Gasteiger partial charge in [0.15, 0.2) is 5.41 Å². The first-order valence-electron chi connectivity index (χ1n) is 8.20. The summed E-state index contributed by atoms with van der Waals surface area (Å²) in [7, 11) is 2.35. The largest absolute Gasteiger partial charge is 0.468 e. The number of ether oxygens (including phenoxy) is 3. The van der Waals surface area contributed by atoms with Gasteiger partial charge in [0.1, 0.15) is 29.5 Å². The van der Waals surface area contributed by atoms with Gasteiger partial charge in [-0.05, 0) is 13.0 Å². The van der Waals surface area contributed by atoms with Crippen molar-refractivity contribution in [2.75, 3.05) is 25.7 Å². The zero-order valence-electron chi connectivity index (χ0n) is 15.4. The number of nitrogens with two attached hydrogens (primary N) is 1. The first-order valence-corrected chi connectivity index (χ1v) is 8.20. The quantitative estimate of drug-likeness (QED) is 0.751. The third-order valence-corrected chi connectivity index (χ3v) is 4.79. The molecule has 0 unspecified atom stereocenters. The number of benzene rings is 1. The highest BCUT2D eigenvalue weighted by Gasteiger charge is 2.62. The van der Waals surface area contributed by atoms with Gasteiger partial charge in [-0.25, -0.2) is 4.79 Å². The third-order valence-electron chi connectivity index (χ3n) is 4.79. The Morgan fingerprint density at radius 3 is 2.57 bits per heavy atom. The smallest absolute Gasteiger partial charge is 0.339 e. The summed E-state index contributed by atoms with van der Waals surface area (Å²) in [6.45, 7) is 1.05. The van der Waals surface area contributed by atoms with Crippen molar-refractivity contribution in [3.8, 4) is 6.07 Å². The summed E-state index contributed by atoms with van der Waals surface area (Å²) in [5.41, 5.74) is 4.31. The molecule has 2 N–H and O–H groups in total. The van der Waals surface area contributed by atoms with Crippen LogP contribution in [0, 0.1) is 11.3 Å². The minimum atomic E-state index is -1.88. The van der Waals surface area contributed by atoms with E-state index in [4.69, 9.17) is 15.2 Å². The Balaban J connectivity index is 2.39. The molecule has 0 radical (unpaired) electrons. The Morgan fingerprint density at radius 1 is 1.29 bits per heavy atom. The number of hydrogen-bond donors (Lipinski definition) is 1. The van der Waals surface area contributed by atoms with Crippen molar-refractivity contribution in [1.82, 2.24) is 0 Å². The first kappa shape index (κ1) is 19.0. The molecule has 0 fully saturated rings. The number of esters is 2. The zero-order valence-corrected chi connectivity index (χ0v) is 15.4. The van der Waals surface area contributed by atoms with Gasteiger partial charge in [0.25, 0.3) is 0 Å². The zero-order chi connectivity index (χ0) is 20.6. The maximum atomic E-state index is 13.7. The van der Waals surface area contributed by atoms with Gasteiger partial charge in [0, 0.05) is 11.3 Å². The molecule has 2 aliphatic rings. The fourth-order valence-corrected chi connectivity index (χ4v) is 3.67. The molecule has 2 aliphatic heterocycles. The summed E-state index contributed by atoms with van der Waals surface area (Å²) >= 11 is 0. The van der Waals surface area contributed by atoms with Crippen LogP contribution in [0.3, 0.4) is 0 Å². The van der Waals surface area contributed by atoms with E-state index in [9.17, 15) is 19.6 Å². The predicted molar refractivity (Wildman–Crippen MR) is 95.1 cm³/mol. The number of fused-ring (bicyclic) bond motifs is 2. The monoisotopic (exact) mass is 383 g/mol. The molecule has 2 heterocycles. The van der Waals surface area contributed by atoms with E-state index >= 15 is 0 Å². The molecule has 3 rings (SSSR count). The number of hydrogen-bond acceptors (Lipinski definition) is 8. The second-order valence-electron chi connectivity index (χ2n) is 6.11. The van der Waals surface area contributed by atoms with E-state index in [2.05, 4.69) is 4.74 Å². The lowest BCUT2D eigenvalue weighted by atomic mass is 9.68. The number of methoxy groups -OCH3 is 2. The van der Waals surface area contributed by atoms with E-state index in [0.29, 0.717) is 11.3 Å². The second-order valence-corrected chi connectivity index (χ2v) is 6.11. The number of allylic oxidation sites excluding steroid dienone is 1. The molecular formula is C19H17N3O6. The molecule has 1 aromatic carbocycles. The van der Waals surface area contributed by atoms with Gasteiger partial charge < -0.3 is 19.9 Å². The van der Waals surface area contributed by atoms with Crippen LogP contribution in [0.2, 0.25) is 0 Å². The van der Waals surface area contributed by atoms with Gasteiger partial charge in [-0.15, -0.1) is 0 Å². The molecule has 0 saturated heterocycles. The van der Waals surface area contributed by atoms with E-state index in [1.165, 1.54) is 14.0 Å². The van der Waals surface area contributed by atoms with Crippen molar-refractivity contribution in [1.29, 1.82) is 5.26 Å². The van der Waals surface area contributed by atoms with Crippen molar-refractivity contribution in [3.63, 3.8) is 0 Å². The summed E-state index contributed by atoms with van der Waals surface area (Å²) < 4.78 is 14.9. The molecule has 0 aliphatic carbocycles. The summed E-state index contributed by atoms with van der Waals surface area (Å²) in [5, 5.41) is 9.80. The highest BCUT2D eigenvalue weighted by Crippen LogP contribution is 2.53. The Kier molecular flexibility index (Phi) is 4.56. The number of nitrogens with zero attached hydrogens (tertiary/aromatic N) is 2. The van der Waals surface area contributed by atoms with Crippen molar-refractivity contribution in [3.05, 3.63) is 52.6 Å². The fraction of sp³-hybridized carbons (Fsp3) is 0.263. The van der Waals surface area contributed by atoms with Crippen LogP contribution in [-0.2, 0) is 34.0 Å². The van der Waals surface area contributed by atoms with E-state index < -0.39 is 29.8 Å². The molecule has 0 saturated carbocycles. The van der Waals surface area contributed by atoms with Crippen LogP contribution in [0.25, 0.3) is 0 Å². The molecule has 144 valence electrons. The molecule has 0 bridgehead atoms. The standard InChI is InChI=1S/C19H17N3O6/c1-10-15(17(24)27-3)19(12(8-20)16(21)28-10)11-6-4-5-7-13(11)22(18(19)25)9-14(23)26-2/h4-7H,9,21H2,1-3H3/t19-/m1/s1. The SMILES string of the molecule is COC(=O)CN1C(=O)[C@@]2(C(C#N)=C(N)OC(C)=C2C(=O)OC)c2ccccc21. The lowest BCUT2D eigenvalue weighted by Crippen LogP contribution is -2.49. The summed E-state index contributed by atoms with van der Waals surface area (Å²) in [5.74, 6) is -2.47. The number of amides is 1. The highest BCUT2D eigenvalue weighted by molar-refractivity contribution is 6.19. The number of rotatable bonds is 3. The topological polar surface area (TPSA) is 132 Å². The number of carbonyl (C=O) groups excluding carboxylic acids is 3. The van der Waals surface area contributed by atoms with E-state index in [1.807, 2.05) is 6.07 Å². The number of nitriles is 1. The van der Waals surface area contributed by atoms with Crippen LogP contribution in [0.15, 0.2) is 47.1 Å². The maximum absolute atomic E-state index is 13.7. The predicted octanol–water partition coefficient (Wildman–Crippen LogP) is 0.615. The van der Waals surface area contributed by atoms with Crippen molar-refractivity contribution >= 4 is 23.5 Å². The minimum Gasteiger partial charge on any atom is -0.468 e. The highest BCUT2D eigenvalue weighted by atomic mass is 16.5. The van der Waals surface area contributed by atoms with E-state index in [1.54, 1.807) is 24.3 Å². The molecule has 1 aromatic rings. The molecular weight excluding hydrogens is 366 g/mol. The number of anilines is 1. The second kappa shape index (κ2) is 6.74. The molecule has 1 spiro atoms. The maximum Gasteiger partial charge on any atom is 0.339 e. The average molecular weight is 383 g/mol. The lowest BCUT2D eigenvalue weighted by molar-refractivity contribution is -0.140. The molecule has 0 aromatic heterocycles. The van der Waals surface area contributed by atoms with Gasteiger partial charge in [-0.1, -0.05) is 18.2 Å². The van der Waals surface area contributed by atoms with Crippen LogP contribution in [0.4, 0.5) is 5.69 Å². The van der Waals surface area contributed by atoms with Crippen LogP contribution in [0.5, 0.6) is 0 Å². The summed E-state index contributed by atoms with van der Waals surface area (Å²) in [6, 6.07) is 8.42.